The number of esters is 1. The highest BCUT2D eigenvalue weighted by Gasteiger charge is 2.22. The molecule has 1 atom stereocenters. The summed E-state index contributed by atoms with van der Waals surface area (Å²) in [7, 11) is 0. The molecule has 0 aliphatic carbocycles. The Morgan fingerprint density at radius 2 is 1.66 bits per heavy atom. The van der Waals surface area contributed by atoms with Gasteiger partial charge in [-0.3, -0.25) is 4.79 Å². The van der Waals surface area contributed by atoms with Gasteiger partial charge in [0, 0.05) is 0 Å². The molecule has 2 rings (SSSR count). The first-order valence-electron chi connectivity index (χ1n) is 8.90. The summed E-state index contributed by atoms with van der Waals surface area (Å²) >= 11 is 0. The van der Waals surface area contributed by atoms with Gasteiger partial charge in [0.25, 0.3) is 5.91 Å². The molecule has 0 heterocycles. The average molecular weight is 398 g/mol. The smallest absolute Gasteiger partial charge is 0.349 e. The lowest BCUT2D eigenvalue weighted by molar-refractivity contribution is -0.148. The fourth-order valence-electron chi connectivity index (χ4n) is 2.40. The van der Waals surface area contributed by atoms with Gasteiger partial charge < -0.3 is 10.1 Å². The normalized spacial score (nSPS) is 12.2. The van der Waals surface area contributed by atoms with Crippen molar-refractivity contribution in [2.75, 3.05) is 5.32 Å². The third-order valence-corrected chi connectivity index (χ3v) is 4.12. The molecule has 2 aromatic carbocycles. The van der Waals surface area contributed by atoms with Crippen LogP contribution in [-0.4, -0.2) is 18.0 Å². The zero-order valence-corrected chi connectivity index (χ0v) is 16.2. The first kappa shape index (κ1) is 21.8. The zero-order chi connectivity index (χ0) is 21.6. The maximum absolute atomic E-state index is 13.6. The Kier molecular flexibility index (Phi) is 7.21. The van der Waals surface area contributed by atoms with Crippen LogP contribution in [0.1, 0.15) is 37.8 Å². The fourth-order valence-corrected chi connectivity index (χ4v) is 2.40. The molecule has 0 aromatic heterocycles. The van der Waals surface area contributed by atoms with Crippen molar-refractivity contribution in [1.29, 1.82) is 5.26 Å². The molecular weight excluding hydrogens is 378 g/mol. The van der Waals surface area contributed by atoms with Crippen LogP contribution < -0.4 is 5.32 Å². The number of halogens is 2. The third-order valence-electron chi connectivity index (χ3n) is 4.12. The average Bonchev–Trinajstić information content (AvgIpc) is 2.69. The van der Waals surface area contributed by atoms with Crippen LogP contribution in [0, 0.1) is 23.0 Å². The predicted molar refractivity (Wildman–Crippen MR) is 105 cm³/mol. The Bertz CT molecular complexity index is 956. The van der Waals surface area contributed by atoms with E-state index in [4.69, 9.17) is 4.74 Å². The van der Waals surface area contributed by atoms with Crippen molar-refractivity contribution in [2.24, 2.45) is 0 Å². The number of hydrogen-bond acceptors (Lipinski definition) is 4. The number of hydrogen-bond donors (Lipinski definition) is 1. The molecule has 0 aliphatic rings. The summed E-state index contributed by atoms with van der Waals surface area (Å²) in [5, 5.41) is 11.3. The second-order valence-corrected chi connectivity index (χ2v) is 6.62. The Balaban J connectivity index is 2.08. The third kappa shape index (κ3) is 5.72. The van der Waals surface area contributed by atoms with Gasteiger partial charge in [0.2, 0.25) is 0 Å². The Morgan fingerprint density at radius 1 is 1.07 bits per heavy atom. The monoisotopic (exact) mass is 398 g/mol. The number of rotatable bonds is 6. The molecule has 0 unspecified atom stereocenters. The largest absolute Gasteiger partial charge is 0.448 e. The van der Waals surface area contributed by atoms with E-state index in [-0.39, 0.29) is 5.57 Å². The molecule has 5 nitrogen and oxygen atoms in total. The van der Waals surface area contributed by atoms with Crippen LogP contribution in [-0.2, 0) is 14.3 Å². The van der Waals surface area contributed by atoms with Crippen LogP contribution in [0.25, 0.3) is 6.08 Å². The van der Waals surface area contributed by atoms with Crippen LogP contribution in [0.5, 0.6) is 0 Å². The maximum Gasteiger partial charge on any atom is 0.349 e. The molecule has 0 fully saturated rings. The topological polar surface area (TPSA) is 79.2 Å². The number of carbonyl (C=O) groups is 2. The van der Waals surface area contributed by atoms with Crippen molar-refractivity contribution < 1.29 is 23.1 Å². The minimum absolute atomic E-state index is 0.306. The quantitative estimate of drug-likeness (QED) is 0.439. The summed E-state index contributed by atoms with van der Waals surface area (Å²) in [6, 6.07) is 12.1. The van der Waals surface area contributed by atoms with Crippen LogP contribution >= 0.6 is 0 Å². The molecule has 0 aliphatic heterocycles. The minimum atomic E-state index is -1.37. The van der Waals surface area contributed by atoms with Crippen molar-refractivity contribution in [2.45, 2.75) is 32.8 Å². The molecule has 1 N–H and O–H groups in total. The highest BCUT2D eigenvalue weighted by molar-refractivity contribution is 6.01. The van der Waals surface area contributed by atoms with E-state index in [1.807, 2.05) is 31.3 Å². The Morgan fingerprint density at radius 3 is 2.17 bits per heavy atom. The predicted octanol–water partition coefficient (Wildman–Crippen LogP) is 4.57. The van der Waals surface area contributed by atoms with E-state index >= 15 is 0 Å². The molecule has 7 heteroatoms. The molecule has 2 aromatic rings. The molecule has 29 heavy (non-hydrogen) atoms. The van der Waals surface area contributed by atoms with Crippen molar-refractivity contribution in [3.05, 3.63) is 70.8 Å². The van der Waals surface area contributed by atoms with Crippen LogP contribution in [0.4, 0.5) is 14.5 Å². The summed E-state index contributed by atoms with van der Waals surface area (Å²) in [6.45, 7) is 5.32. The lowest BCUT2D eigenvalue weighted by atomic mass is 10.0. The fraction of sp³-hybridized carbons (Fsp3) is 0.227. The van der Waals surface area contributed by atoms with E-state index in [2.05, 4.69) is 0 Å². The SMILES string of the molecule is CC(C)c1ccc(/C=C(\C#N)C(=O)O[C@H](C)C(=O)Nc2c(F)cccc2F)cc1. The molecule has 1 amide bonds. The standard InChI is InChI=1S/C22H20F2N2O3/c1-13(2)16-9-7-15(8-10-16)11-17(12-25)22(28)29-14(3)21(27)26-20-18(23)5-4-6-19(20)24/h4-11,13-14H,1-3H3,(H,26,27)/b17-11+/t14-/m1/s1. The number of amides is 1. The van der Waals surface area contributed by atoms with E-state index in [9.17, 15) is 23.6 Å². The molecular formula is C22H20F2N2O3. The van der Waals surface area contributed by atoms with Gasteiger partial charge in [-0.25, -0.2) is 13.6 Å². The zero-order valence-electron chi connectivity index (χ0n) is 16.2. The first-order chi connectivity index (χ1) is 13.7. The molecule has 150 valence electrons. The second-order valence-electron chi connectivity index (χ2n) is 6.62. The number of nitrogens with zero attached hydrogens (tertiary/aromatic N) is 1. The van der Waals surface area contributed by atoms with Gasteiger partial charge in [0.05, 0.1) is 0 Å². The molecule has 0 saturated carbocycles. The highest BCUT2D eigenvalue weighted by Crippen LogP contribution is 2.19. The van der Waals surface area contributed by atoms with Crippen LogP contribution in [0.3, 0.4) is 0 Å². The molecule has 0 radical (unpaired) electrons. The van der Waals surface area contributed by atoms with Gasteiger partial charge in [-0.2, -0.15) is 5.26 Å². The number of para-hydroxylation sites is 1. The number of ether oxygens (including phenoxy) is 1. The Hall–Kier alpha value is -3.53. The summed E-state index contributed by atoms with van der Waals surface area (Å²) in [6.07, 6.45) is -0.0327. The summed E-state index contributed by atoms with van der Waals surface area (Å²) < 4.78 is 32.2. The number of benzene rings is 2. The van der Waals surface area contributed by atoms with Gasteiger partial charge in [0.1, 0.15) is 29.0 Å². The van der Waals surface area contributed by atoms with Gasteiger partial charge in [-0.15, -0.1) is 0 Å². The molecule has 0 bridgehead atoms. The Labute approximate surface area is 167 Å². The van der Waals surface area contributed by atoms with Gasteiger partial charge >= 0.3 is 5.97 Å². The van der Waals surface area contributed by atoms with Crippen LogP contribution in [0.2, 0.25) is 0 Å². The van der Waals surface area contributed by atoms with E-state index < -0.39 is 35.3 Å². The summed E-state index contributed by atoms with van der Waals surface area (Å²) in [5.74, 6) is -3.52. The number of carbonyl (C=O) groups excluding carboxylic acids is 2. The first-order valence-corrected chi connectivity index (χ1v) is 8.90. The van der Waals surface area contributed by atoms with E-state index in [1.165, 1.54) is 13.0 Å². The van der Waals surface area contributed by atoms with E-state index in [0.29, 0.717) is 11.5 Å². The lowest BCUT2D eigenvalue weighted by Crippen LogP contribution is -2.31. The van der Waals surface area contributed by atoms with Crippen LogP contribution in [0.15, 0.2) is 48.0 Å². The lowest BCUT2D eigenvalue weighted by Gasteiger charge is -2.14. The van der Waals surface area contributed by atoms with Crippen molar-refractivity contribution in [1.82, 2.24) is 0 Å². The number of nitriles is 1. The van der Waals surface area contributed by atoms with E-state index in [0.717, 1.165) is 23.8 Å². The maximum atomic E-state index is 13.6. The number of anilines is 1. The summed E-state index contributed by atoms with van der Waals surface area (Å²) in [4.78, 5) is 24.3. The molecule has 0 spiro atoms. The van der Waals surface area contributed by atoms with Crippen molar-refractivity contribution in [3.8, 4) is 6.07 Å². The highest BCUT2D eigenvalue weighted by atomic mass is 19.1. The van der Waals surface area contributed by atoms with E-state index in [1.54, 1.807) is 18.2 Å². The van der Waals surface area contributed by atoms with Gasteiger partial charge in [-0.1, -0.05) is 44.2 Å². The molecule has 0 saturated heterocycles. The van der Waals surface area contributed by atoms with Crippen molar-refractivity contribution in [3.63, 3.8) is 0 Å². The second kappa shape index (κ2) is 9.60. The van der Waals surface area contributed by atoms with Crippen molar-refractivity contribution >= 4 is 23.6 Å². The van der Waals surface area contributed by atoms with Gasteiger partial charge in [-0.05, 0) is 42.2 Å². The minimum Gasteiger partial charge on any atom is -0.448 e. The summed E-state index contributed by atoms with van der Waals surface area (Å²) in [5.41, 5.74) is 0.781. The van der Waals surface area contributed by atoms with Gasteiger partial charge in [0.15, 0.2) is 6.10 Å². The number of nitrogens with one attached hydrogen (secondary N) is 1.